The number of amides is 1. The molecule has 1 N–H and O–H groups in total. The van der Waals surface area contributed by atoms with E-state index in [1.165, 1.54) is 25.1 Å². The lowest BCUT2D eigenvalue weighted by Crippen LogP contribution is -2.23. The van der Waals surface area contributed by atoms with Crippen molar-refractivity contribution in [3.8, 4) is 5.75 Å². The zero-order valence-corrected chi connectivity index (χ0v) is 13.5. The number of anilines is 1. The first kappa shape index (κ1) is 18.1. The predicted octanol–water partition coefficient (Wildman–Crippen LogP) is 2.59. The Morgan fingerprint density at radius 1 is 1.04 bits per heavy atom. The number of hydrogen-bond acceptors (Lipinski definition) is 5. The summed E-state index contributed by atoms with van der Waals surface area (Å²) in [7, 11) is 0. The topological polar surface area (TPSA) is 81.7 Å². The van der Waals surface area contributed by atoms with Crippen molar-refractivity contribution in [2.45, 2.75) is 6.92 Å². The number of nitrogens with one attached hydrogen (secondary N) is 1. The van der Waals surface area contributed by atoms with Crippen LogP contribution in [0, 0.1) is 5.82 Å². The highest BCUT2D eigenvalue weighted by molar-refractivity contribution is 5.96. The Balaban J connectivity index is 1.73. The second-order valence-electron chi connectivity index (χ2n) is 5.09. The maximum atomic E-state index is 13.0. The molecule has 0 heterocycles. The molecule has 0 saturated heterocycles. The minimum absolute atomic E-state index is 0.0786. The summed E-state index contributed by atoms with van der Waals surface area (Å²) in [6.45, 7) is 0.517. The Labute approximate surface area is 143 Å². The van der Waals surface area contributed by atoms with Crippen LogP contribution >= 0.6 is 0 Å². The van der Waals surface area contributed by atoms with E-state index >= 15 is 0 Å². The monoisotopic (exact) mass is 345 g/mol. The summed E-state index contributed by atoms with van der Waals surface area (Å²) in [5.41, 5.74) is 1.00. The second-order valence-corrected chi connectivity index (χ2v) is 5.09. The van der Waals surface area contributed by atoms with Gasteiger partial charge in [-0.2, -0.15) is 0 Å². The Bertz CT molecular complexity index is 773. The molecule has 0 aliphatic heterocycles. The predicted molar refractivity (Wildman–Crippen MR) is 87.9 cm³/mol. The summed E-state index contributed by atoms with van der Waals surface area (Å²) < 4.78 is 22.8. The SMILES string of the molecule is CC(=O)c1ccc(NC(=O)COC(=O)COc2cccc(F)c2)cc1. The van der Waals surface area contributed by atoms with E-state index in [-0.39, 0.29) is 11.5 Å². The molecule has 130 valence electrons. The number of Topliss-reactive ketones (excluding diaryl/α,β-unsaturated/α-hetero) is 1. The van der Waals surface area contributed by atoms with Gasteiger partial charge in [0.15, 0.2) is 19.0 Å². The molecule has 0 fully saturated rings. The Hall–Kier alpha value is -3.22. The van der Waals surface area contributed by atoms with Gasteiger partial charge in [-0.05, 0) is 43.3 Å². The van der Waals surface area contributed by atoms with Crippen LogP contribution in [0.3, 0.4) is 0 Å². The first-order chi connectivity index (χ1) is 11.9. The van der Waals surface area contributed by atoms with Crippen LogP contribution in [-0.4, -0.2) is 30.9 Å². The summed E-state index contributed by atoms with van der Waals surface area (Å²) in [5.74, 6) is -1.67. The van der Waals surface area contributed by atoms with Gasteiger partial charge in [-0.1, -0.05) is 6.07 Å². The van der Waals surface area contributed by atoms with Crippen molar-refractivity contribution in [3.05, 3.63) is 59.9 Å². The molecular formula is C18H16FNO5. The molecule has 0 saturated carbocycles. The zero-order valence-electron chi connectivity index (χ0n) is 13.5. The van der Waals surface area contributed by atoms with Crippen molar-refractivity contribution < 1.29 is 28.2 Å². The van der Waals surface area contributed by atoms with Crippen molar-refractivity contribution in [1.82, 2.24) is 0 Å². The van der Waals surface area contributed by atoms with Crippen LogP contribution in [0.15, 0.2) is 48.5 Å². The fourth-order valence-electron chi connectivity index (χ4n) is 1.87. The summed E-state index contributed by atoms with van der Waals surface area (Å²) in [6, 6.07) is 11.6. The number of esters is 1. The van der Waals surface area contributed by atoms with Gasteiger partial charge in [0, 0.05) is 17.3 Å². The fraction of sp³-hybridized carbons (Fsp3) is 0.167. The van der Waals surface area contributed by atoms with Gasteiger partial charge in [-0.15, -0.1) is 0 Å². The average Bonchev–Trinajstić information content (AvgIpc) is 2.58. The number of carbonyl (C=O) groups excluding carboxylic acids is 3. The van der Waals surface area contributed by atoms with Crippen LogP contribution in [0.1, 0.15) is 17.3 Å². The van der Waals surface area contributed by atoms with Crippen molar-refractivity contribution in [1.29, 1.82) is 0 Å². The van der Waals surface area contributed by atoms with E-state index in [1.54, 1.807) is 24.3 Å². The van der Waals surface area contributed by atoms with E-state index in [0.717, 1.165) is 6.07 Å². The van der Waals surface area contributed by atoms with Crippen LogP contribution in [0.25, 0.3) is 0 Å². The molecule has 0 aliphatic carbocycles. The average molecular weight is 345 g/mol. The van der Waals surface area contributed by atoms with E-state index in [1.807, 2.05) is 0 Å². The van der Waals surface area contributed by atoms with Gasteiger partial charge in [0.2, 0.25) is 0 Å². The third-order valence-corrected chi connectivity index (χ3v) is 3.09. The number of halogens is 1. The van der Waals surface area contributed by atoms with Crippen molar-refractivity contribution in [2.24, 2.45) is 0 Å². The third kappa shape index (κ3) is 6.06. The van der Waals surface area contributed by atoms with Gasteiger partial charge in [0.1, 0.15) is 11.6 Å². The maximum absolute atomic E-state index is 13.0. The summed E-state index contributed by atoms with van der Waals surface area (Å²) in [6.07, 6.45) is 0. The number of ether oxygens (including phenoxy) is 2. The molecule has 2 aromatic carbocycles. The van der Waals surface area contributed by atoms with Gasteiger partial charge < -0.3 is 14.8 Å². The largest absolute Gasteiger partial charge is 0.482 e. The maximum Gasteiger partial charge on any atom is 0.344 e. The summed E-state index contributed by atoms with van der Waals surface area (Å²) >= 11 is 0. The number of ketones is 1. The summed E-state index contributed by atoms with van der Waals surface area (Å²) in [5, 5.41) is 2.53. The molecular weight excluding hydrogens is 329 g/mol. The van der Waals surface area contributed by atoms with E-state index in [2.05, 4.69) is 5.32 Å². The Kier molecular flexibility index (Phi) is 6.22. The molecule has 25 heavy (non-hydrogen) atoms. The van der Waals surface area contributed by atoms with Crippen molar-refractivity contribution in [3.63, 3.8) is 0 Å². The van der Waals surface area contributed by atoms with E-state index < -0.39 is 30.9 Å². The minimum Gasteiger partial charge on any atom is -0.482 e. The molecule has 2 aromatic rings. The van der Waals surface area contributed by atoms with Crippen LogP contribution in [0.2, 0.25) is 0 Å². The van der Waals surface area contributed by atoms with Crippen LogP contribution in [0.4, 0.5) is 10.1 Å². The van der Waals surface area contributed by atoms with Crippen molar-refractivity contribution >= 4 is 23.3 Å². The lowest BCUT2D eigenvalue weighted by Gasteiger charge is -2.08. The smallest absolute Gasteiger partial charge is 0.344 e. The highest BCUT2D eigenvalue weighted by Gasteiger charge is 2.09. The molecule has 0 bridgehead atoms. The van der Waals surface area contributed by atoms with Crippen molar-refractivity contribution in [2.75, 3.05) is 18.5 Å². The van der Waals surface area contributed by atoms with Crippen LogP contribution in [-0.2, 0) is 14.3 Å². The minimum atomic E-state index is -0.758. The molecule has 0 aromatic heterocycles. The van der Waals surface area contributed by atoms with Gasteiger partial charge in [0.25, 0.3) is 5.91 Å². The van der Waals surface area contributed by atoms with Gasteiger partial charge in [-0.25, -0.2) is 9.18 Å². The molecule has 6 nitrogen and oxygen atoms in total. The van der Waals surface area contributed by atoms with Crippen LogP contribution < -0.4 is 10.1 Å². The van der Waals surface area contributed by atoms with E-state index in [9.17, 15) is 18.8 Å². The first-order valence-corrected chi connectivity index (χ1v) is 7.39. The van der Waals surface area contributed by atoms with Gasteiger partial charge in [-0.3, -0.25) is 9.59 Å². The fourth-order valence-corrected chi connectivity index (χ4v) is 1.87. The highest BCUT2D eigenvalue weighted by Crippen LogP contribution is 2.12. The lowest BCUT2D eigenvalue weighted by molar-refractivity contribution is -0.149. The number of rotatable bonds is 7. The second kappa shape index (κ2) is 8.58. The third-order valence-electron chi connectivity index (χ3n) is 3.09. The lowest BCUT2D eigenvalue weighted by atomic mass is 10.1. The number of hydrogen-bond donors (Lipinski definition) is 1. The van der Waals surface area contributed by atoms with Gasteiger partial charge in [0.05, 0.1) is 0 Å². The number of benzene rings is 2. The Morgan fingerprint density at radius 2 is 1.76 bits per heavy atom. The van der Waals surface area contributed by atoms with Gasteiger partial charge >= 0.3 is 5.97 Å². The summed E-state index contributed by atoms with van der Waals surface area (Å²) in [4.78, 5) is 34.4. The quantitative estimate of drug-likeness (QED) is 0.616. The molecule has 0 unspecified atom stereocenters. The van der Waals surface area contributed by atoms with E-state index in [4.69, 9.17) is 9.47 Å². The first-order valence-electron chi connectivity index (χ1n) is 7.39. The standard InChI is InChI=1S/C18H16FNO5/c1-12(21)13-5-7-15(8-6-13)20-17(22)10-25-18(23)11-24-16-4-2-3-14(19)9-16/h2-9H,10-11H2,1H3,(H,20,22). The molecule has 2 rings (SSSR count). The highest BCUT2D eigenvalue weighted by atomic mass is 19.1. The molecule has 0 spiro atoms. The normalized spacial score (nSPS) is 10.0. The zero-order chi connectivity index (χ0) is 18.2. The molecule has 0 atom stereocenters. The van der Waals surface area contributed by atoms with Crippen LogP contribution in [0.5, 0.6) is 5.75 Å². The molecule has 7 heteroatoms. The molecule has 0 radical (unpaired) electrons. The molecule has 0 aliphatic rings. The molecule has 1 amide bonds. The number of carbonyl (C=O) groups is 3. The Morgan fingerprint density at radius 3 is 2.40 bits per heavy atom. The van der Waals surface area contributed by atoms with E-state index in [0.29, 0.717) is 11.3 Å².